The molecule has 0 bridgehead atoms. The highest BCUT2D eigenvalue weighted by molar-refractivity contribution is 5.83. The fraction of sp³-hybridized carbons (Fsp3) is 0. The molecule has 0 fully saturated rings. The van der Waals surface area contributed by atoms with Crippen LogP contribution in [0.3, 0.4) is 0 Å². The summed E-state index contributed by atoms with van der Waals surface area (Å²) in [6.45, 7) is 0. The van der Waals surface area contributed by atoms with E-state index in [9.17, 15) is 10.4 Å². The van der Waals surface area contributed by atoms with Crippen LogP contribution < -0.4 is 11.0 Å². The van der Waals surface area contributed by atoms with Crippen molar-refractivity contribution in [1.29, 1.82) is 0 Å². The van der Waals surface area contributed by atoms with Gasteiger partial charge in [0.15, 0.2) is 0 Å². The van der Waals surface area contributed by atoms with Gasteiger partial charge < -0.3 is 0 Å². The molecule has 0 atom stereocenters. The quantitative estimate of drug-likeness (QED) is 0.216. The first-order chi connectivity index (χ1) is 16.7. The van der Waals surface area contributed by atoms with Crippen molar-refractivity contribution in [3.8, 4) is 0 Å². The Morgan fingerprint density at radius 3 is 1.38 bits per heavy atom. The molecule has 4 aromatic rings. The predicted molar refractivity (Wildman–Crippen MR) is 141 cm³/mol. The minimum atomic E-state index is 0.540. The first-order valence-corrected chi connectivity index (χ1v) is 10.9. The maximum atomic E-state index is 10.9. The Bertz CT molecular complexity index is 1320. The number of rotatable bonds is 8. The van der Waals surface area contributed by atoms with E-state index in [4.69, 9.17) is 0 Å². The molecule has 0 aliphatic heterocycles. The SMILES string of the molecule is [O]Nc1ccc(/C=C\c2ccccc2/C=C/c2ccccc2/C=C/c2cccc(N[O])c2)cc1. The molecular formula is C30H24N2O2. The Morgan fingerprint density at radius 2 is 0.882 bits per heavy atom. The largest absolute Gasteiger partial charge is 0.233 e. The maximum Gasteiger partial charge on any atom is 0.0641 e. The molecule has 0 heterocycles. The van der Waals surface area contributed by atoms with E-state index >= 15 is 0 Å². The van der Waals surface area contributed by atoms with Gasteiger partial charge in [-0.2, -0.15) is 0 Å². The Kier molecular flexibility index (Phi) is 7.70. The van der Waals surface area contributed by atoms with Crippen LogP contribution in [0.4, 0.5) is 11.4 Å². The van der Waals surface area contributed by atoms with Crippen LogP contribution in [0.1, 0.15) is 33.4 Å². The Hall–Kier alpha value is -4.38. The average Bonchev–Trinajstić information content (AvgIpc) is 2.91. The van der Waals surface area contributed by atoms with Crippen LogP contribution in [-0.4, -0.2) is 0 Å². The van der Waals surface area contributed by atoms with Gasteiger partial charge in [-0.3, -0.25) is 0 Å². The summed E-state index contributed by atoms with van der Waals surface area (Å²) in [7, 11) is 0. The van der Waals surface area contributed by atoms with Crippen molar-refractivity contribution in [1.82, 2.24) is 0 Å². The Balaban J connectivity index is 1.55. The highest BCUT2D eigenvalue weighted by Gasteiger charge is 1.99. The first-order valence-electron chi connectivity index (χ1n) is 10.9. The smallest absolute Gasteiger partial charge is 0.0641 e. The third kappa shape index (κ3) is 6.11. The fourth-order valence-corrected chi connectivity index (χ4v) is 3.55. The van der Waals surface area contributed by atoms with Crippen molar-refractivity contribution in [2.75, 3.05) is 11.0 Å². The van der Waals surface area contributed by atoms with Gasteiger partial charge in [-0.15, -0.1) is 0 Å². The third-order valence-electron chi connectivity index (χ3n) is 5.38. The van der Waals surface area contributed by atoms with Crippen LogP contribution in [0.25, 0.3) is 36.5 Å². The summed E-state index contributed by atoms with van der Waals surface area (Å²) in [5.41, 5.74) is 11.3. The van der Waals surface area contributed by atoms with Gasteiger partial charge in [0.25, 0.3) is 0 Å². The average molecular weight is 445 g/mol. The molecule has 0 amide bonds. The molecule has 34 heavy (non-hydrogen) atoms. The molecule has 0 unspecified atom stereocenters. The molecule has 2 N–H and O–H groups in total. The lowest BCUT2D eigenvalue weighted by atomic mass is 10.0. The van der Waals surface area contributed by atoms with Gasteiger partial charge in [0.05, 0.1) is 11.4 Å². The molecule has 0 aromatic heterocycles. The van der Waals surface area contributed by atoms with Crippen molar-refractivity contribution in [2.45, 2.75) is 0 Å². The monoisotopic (exact) mass is 444 g/mol. The molecule has 2 radical (unpaired) electrons. The molecule has 4 aromatic carbocycles. The van der Waals surface area contributed by atoms with Gasteiger partial charge in [-0.1, -0.05) is 120 Å². The minimum Gasteiger partial charge on any atom is -0.233 e. The number of benzene rings is 4. The van der Waals surface area contributed by atoms with Crippen LogP contribution in [0.5, 0.6) is 0 Å². The lowest BCUT2D eigenvalue weighted by Crippen LogP contribution is -1.86. The van der Waals surface area contributed by atoms with Crippen molar-refractivity contribution >= 4 is 47.8 Å². The lowest BCUT2D eigenvalue weighted by Gasteiger charge is -2.04. The molecule has 0 saturated heterocycles. The summed E-state index contributed by atoms with van der Waals surface area (Å²) in [4.78, 5) is 0. The molecule has 4 heteroatoms. The first kappa shape index (κ1) is 22.8. The van der Waals surface area contributed by atoms with E-state index in [1.807, 2.05) is 77.7 Å². The summed E-state index contributed by atoms with van der Waals surface area (Å²) in [6.07, 6.45) is 12.4. The van der Waals surface area contributed by atoms with E-state index in [1.54, 1.807) is 18.2 Å². The Labute approximate surface area is 199 Å². The number of hydrogen-bond donors (Lipinski definition) is 2. The van der Waals surface area contributed by atoms with Crippen molar-refractivity contribution in [3.05, 3.63) is 130 Å². The molecule has 0 saturated carbocycles. The summed E-state index contributed by atoms with van der Waals surface area (Å²) >= 11 is 0. The Morgan fingerprint density at radius 1 is 0.412 bits per heavy atom. The summed E-state index contributed by atoms with van der Waals surface area (Å²) in [5.74, 6) is 0. The predicted octanol–water partition coefficient (Wildman–Crippen LogP) is 7.71. The second kappa shape index (κ2) is 11.5. The van der Waals surface area contributed by atoms with Gasteiger partial charge in [0, 0.05) is 0 Å². The van der Waals surface area contributed by atoms with Crippen LogP contribution in [0.15, 0.2) is 97.1 Å². The van der Waals surface area contributed by atoms with Gasteiger partial charge >= 0.3 is 0 Å². The summed E-state index contributed by atoms with van der Waals surface area (Å²) in [5, 5.41) is 21.6. The minimum absolute atomic E-state index is 0.540. The van der Waals surface area contributed by atoms with Crippen molar-refractivity contribution < 1.29 is 10.4 Å². The molecular weight excluding hydrogens is 420 g/mol. The highest BCUT2D eigenvalue weighted by Crippen LogP contribution is 2.20. The molecule has 0 spiro atoms. The van der Waals surface area contributed by atoms with Crippen LogP contribution in [-0.2, 0) is 10.4 Å². The summed E-state index contributed by atoms with van der Waals surface area (Å²) in [6, 6.07) is 31.1. The number of hydrogen-bond acceptors (Lipinski definition) is 2. The summed E-state index contributed by atoms with van der Waals surface area (Å²) < 4.78 is 0. The molecule has 0 aliphatic carbocycles. The highest BCUT2D eigenvalue weighted by atomic mass is 16.5. The zero-order chi connectivity index (χ0) is 23.6. The van der Waals surface area contributed by atoms with E-state index in [2.05, 4.69) is 48.6 Å². The van der Waals surface area contributed by atoms with E-state index < -0.39 is 0 Å². The lowest BCUT2D eigenvalue weighted by molar-refractivity contribution is 0.274. The van der Waals surface area contributed by atoms with Crippen molar-refractivity contribution in [2.24, 2.45) is 0 Å². The van der Waals surface area contributed by atoms with Gasteiger partial charge in [0.2, 0.25) is 0 Å². The van der Waals surface area contributed by atoms with Gasteiger partial charge in [-0.05, 0) is 57.6 Å². The van der Waals surface area contributed by atoms with Gasteiger partial charge in [0.1, 0.15) is 0 Å². The van der Waals surface area contributed by atoms with E-state index in [-0.39, 0.29) is 0 Å². The molecule has 4 rings (SSSR count). The molecule has 0 aliphatic rings. The normalized spacial score (nSPS) is 11.5. The van der Waals surface area contributed by atoms with Crippen LogP contribution in [0, 0.1) is 0 Å². The fourth-order valence-electron chi connectivity index (χ4n) is 3.55. The van der Waals surface area contributed by atoms with Crippen molar-refractivity contribution in [3.63, 3.8) is 0 Å². The second-order valence-corrected chi connectivity index (χ2v) is 7.71. The topological polar surface area (TPSA) is 63.9 Å². The third-order valence-corrected chi connectivity index (χ3v) is 5.38. The standard InChI is InChI=1S/C30H24N2O2/c33-31-29-20-14-23(15-21-29)12-16-25-7-1-3-9-27(25)18-19-28-10-4-2-8-26(28)17-13-24-6-5-11-30(22-24)32-34/h1-22,31-32H/b16-12-,17-13+,19-18+. The number of anilines is 2. The van der Waals surface area contributed by atoms with E-state index in [1.165, 1.54) is 0 Å². The zero-order valence-electron chi connectivity index (χ0n) is 18.5. The molecule has 166 valence electrons. The van der Waals surface area contributed by atoms with E-state index in [0.717, 1.165) is 33.4 Å². The van der Waals surface area contributed by atoms with Crippen LogP contribution >= 0.6 is 0 Å². The zero-order valence-corrected chi connectivity index (χ0v) is 18.5. The van der Waals surface area contributed by atoms with E-state index in [0.29, 0.717) is 11.4 Å². The maximum absolute atomic E-state index is 10.9. The number of nitrogens with one attached hydrogen (secondary N) is 2. The van der Waals surface area contributed by atoms with Crippen LogP contribution in [0.2, 0.25) is 0 Å². The van der Waals surface area contributed by atoms with Gasteiger partial charge in [-0.25, -0.2) is 11.0 Å². The second-order valence-electron chi connectivity index (χ2n) is 7.71. The molecule has 4 nitrogen and oxygen atoms in total.